The van der Waals surface area contributed by atoms with Gasteiger partial charge in [-0.3, -0.25) is 9.80 Å². The average molecular weight is 1950 g/mol. The number of aliphatic hydroxyl groups excluding tert-OH is 1. The first-order valence-electron chi connectivity index (χ1n) is 47.9. The van der Waals surface area contributed by atoms with Gasteiger partial charge in [0.2, 0.25) is 0 Å². The Hall–Kier alpha value is -13.0. The summed E-state index contributed by atoms with van der Waals surface area (Å²) in [4.78, 5) is 108. The SMILES string of the molecule is CC(C)(C[C@H]1[C@H](O[C@@H]2[C@H]3OC(=O)N[C@@H]3C[C@H](NC(=O)OCc3ccccc3)[C@H]2O[C@H]2O[C@@H]3CN(C(=O)OCc4ccccc4)C(c4ccccc4)O[C@H]3C[C@H]2NC(=O)OCc2ccccc2)O[C@H](CO[Si](c2ccccc2)(c2ccccc2)C(C)(C)C)[C@H]1O[C@H]1O[C@H]2CN(C(=O)OCc3ccccc3)C(c3ccccc3)O[C@H]2[C@H](O)[C@H]1NC(=O)OCc1ccccc1)[Si](O)(c1ccccc1)c1ccccc1. The van der Waals surface area contributed by atoms with Crippen molar-refractivity contribution in [2.75, 3.05) is 19.7 Å². The molecule has 1 saturated carbocycles. The Morgan fingerprint density at radius 3 is 1.24 bits per heavy atom. The van der Waals surface area contributed by atoms with Crippen LogP contribution in [0.15, 0.2) is 334 Å². The van der Waals surface area contributed by atoms with E-state index in [1.807, 2.05) is 287 Å². The molecule has 0 aromatic heterocycles. The number of hydrogen-bond acceptors (Lipinski definition) is 23. The lowest BCUT2D eigenvalue weighted by molar-refractivity contribution is -0.321. The number of alkyl carbamates (subject to hydrolysis) is 4. The highest BCUT2D eigenvalue weighted by molar-refractivity contribution is 6.99. The molecular formula is C110H118N6O23Si2. The lowest BCUT2D eigenvalue weighted by Crippen LogP contribution is -2.70. The van der Waals surface area contributed by atoms with Crippen molar-refractivity contribution >= 4 is 73.9 Å². The molecule has 31 heteroatoms. The standard InChI is InChI=1S/C110H118N6O23Si2/c1-109(2,3)141(81-57-35-15-36-58-81,82-59-37-16-38-60-82)130-71-90-93(136-102-91(114-105(120)127-68-74-43-21-8-22-44-74)92(117)96-89(133-102)65-116(99(135-96)78-51-29-12-30-52-78)108(123)129-70-76-47-25-10-26-48-76)83(63-110(4,5)140(124,79-53-31-13-32-54-79)80-55-33-14-34-56-80)100(134-90)138-97-94(84(61-85-95(97)139-106(121)112-85)111-103(118)125-66-72-39-17-6-18-40-72)137-101-86(113-104(119)126-67-73-41-19-7-20-42-73)62-87-88(132-101)64-115(98(131-87)77-49-27-11-28-50-77)107(122)128-69-75-45-23-9-24-46-75/h6-60,83-102,117,124H,61-71H2,1-5H3,(H,111,118)(H,112,121)(H,113,119)(H,114,120)/t83-,84+,85-,86-,87+,88-,89+,90-,91-,92-,93+,94-,95+,96-,97+,98?,99?,100+,101-,102-/m1/s1. The van der Waals surface area contributed by atoms with Crippen LogP contribution in [0, 0.1) is 5.92 Å². The zero-order valence-electron chi connectivity index (χ0n) is 78.9. The highest BCUT2D eigenvalue weighted by Gasteiger charge is 2.64. The number of rotatable bonds is 31. The Balaban J connectivity index is 0.791. The van der Waals surface area contributed by atoms with Crippen LogP contribution in [0.3, 0.4) is 0 Å². The van der Waals surface area contributed by atoms with Gasteiger partial charge in [-0.25, -0.2) is 28.8 Å². The van der Waals surface area contributed by atoms with E-state index in [4.69, 9.17) is 70.7 Å². The Labute approximate surface area is 821 Å². The average Bonchev–Trinajstić information content (AvgIpc) is 1.63. The predicted octanol–water partition coefficient (Wildman–Crippen LogP) is 14.4. The third-order valence-corrected chi connectivity index (χ3v) is 37.0. The number of fused-ring (bicyclic) bond motifs is 3. The van der Waals surface area contributed by atoms with Gasteiger partial charge < -0.3 is 102 Å². The van der Waals surface area contributed by atoms with Crippen molar-refractivity contribution in [1.29, 1.82) is 0 Å². The minimum Gasteiger partial charge on any atom is -0.445 e. The lowest BCUT2D eigenvalue weighted by Gasteiger charge is -2.51. The largest absolute Gasteiger partial charge is 0.445 e. The fourth-order valence-electron chi connectivity index (χ4n) is 20.6. The summed E-state index contributed by atoms with van der Waals surface area (Å²) in [6.07, 6.45) is -26.2. The van der Waals surface area contributed by atoms with E-state index in [0.29, 0.717) is 43.8 Å². The molecule has 0 bridgehead atoms. The molecule has 6 aliphatic heterocycles. The van der Waals surface area contributed by atoms with Crippen LogP contribution in [0.25, 0.3) is 0 Å². The molecule has 1 aliphatic carbocycles. The lowest BCUT2D eigenvalue weighted by atomic mass is 9.83. The molecule has 6 heterocycles. The first-order valence-corrected chi connectivity index (χ1v) is 51.8. The molecule has 20 atom stereocenters. The van der Waals surface area contributed by atoms with E-state index < -0.39 is 186 Å². The first kappa shape index (κ1) is 98.2. The minimum atomic E-state index is -4.26. The Kier molecular flexibility index (Phi) is 31.0. The molecule has 0 radical (unpaired) electrons. The first-order chi connectivity index (χ1) is 68.5. The van der Waals surface area contributed by atoms with Crippen LogP contribution in [-0.4, -0.2) is 197 Å². The van der Waals surface area contributed by atoms with Crippen LogP contribution in [0.5, 0.6) is 0 Å². The van der Waals surface area contributed by atoms with Gasteiger partial charge in [-0.15, -0.1) is 0 Å². The summed E-state index contributed by atoms with van der Waals surface area (Å²) in [5.41, 5.74) is 4.60. The van der Waals surface area contributed by atoms with Gasteiger partial charge in [0.05, 0.1) is 50.0 Å². The molecule has 6 N–H and O–H groups in total. The number of ether oxygens (including phenoxy) is 14. The van der Waals surface area contributed by atoms with Crippen LogP contribution < -0.4 is 42.0 Å². The smallest absolute Gasteiger partial charge is 0.412 e. The molecule has 29 nitrogen and oxygen atoms in total. The van der Waals surface area contributed by atoms with Gasteiger partial charge in [-0.1, -0.05) is 368 Å². The molecular weight excluding hydrogens is 1830 g/mol. The fraction of sp³-hybridized carbons (Fsp3) is 0.345. The molecule has 141 heavy (non-hydrogen) atoms. The summed E-state index contributed by atoms with van der Waals surface area (Å²) in [5, 5.41) is 27.0. The summed E-state index contributed by atoms with van der Waals surface area (Å²) in [6, 6.07) is 97.7. The van der Waals surface area contributed by atoms with E-state index in [0.717, 1.165) is 15.9 Å². The van der Waals surface area contributed by atoms with Gasteiger partial charge in [0.25, 0.3) is 16.6 Å². The molecule has 7 aliphatic rings. The van der Waals surface area contributed by atoms with Crippen molar-refractivity contribution in [2.24, 2.45) is 5.92 Å². The van der Waals surface area contributed by atoms with Crippen LogP contribution >= 0.6 is 0 Å². The summed E-state index contributed by atoms with van der Waals surface area (Å²) >= 11 is 0. The van der Waals surface area contributed by atoms with E-state index in [2.05, 4.69) is 66.3 Å². The maximum Gasteiger partial charge on any atom is 0.412 e. The molecule has 734 valence electrons. The maximum atomic E-state index is 15.2. The van der Waals surface area contributed by atoms with Crippen molar-refractivity contribution in [3.05, 3.63) is 373 Å². The predicted molar refractivity (Wildman–Crippen MR) is 524 cm³/mol. The maximum absolute atomic E-state index is 15.2. The highest BCUT2D eigenvalue weighted by atomic mass is 28.4. The molecule has 6 saturated heterocycles. The summed E-state index contributed by atoms with van der Waals surface area (Å²) < 4.78 is 105. The zero-order chi connectivity index (χ0) is 97.6. The molecule has 2 unspecified atom stereocenters. The number of carbonyl (C=O) groups excluding carboxylic acids is 6. The van der Waals surface area contributed by atoms with Gasteiger partial charge in [-0.2, -0.15) is 0 Å². The Morgan fingerprint density at radius 1 is 0.404 bits per heavy atom. The Bertz CT molecular complexity index is 5860. The molecule has 7 fully saturated rings. The number of amides is 6. The molecule has 11 aromatic carbocycles. The molecule has 18 rings (SSSR count). The van der Waals surface area contributed by atoms with Crippen molar-refractivity contribution in [3.63, 3.8) is 0 Å². The molecule has 0 spiro atoms. The number of carbonyl (C=O) groups is 6. The second kappa shape index (κ2) is 44.5. The van der Waals surface area contributed by atoms with Crippen LogP contribution in [0.1, 0.15) is 105 Å². The normalized spacial score (nSPS) is 26.0. The van der Waals surface area contributed by atoms with E-state index >= 15 is 14.4 Å². The van der Waals surface area contributed by atoms with Crippen LogP contribution in [0.4, 0.5) is 28.8 Å². The third kappa shape index (κ3) is 22.5. The van der Waals surface area contributed by atoms with Crippen molar-refractivity contribution in [1.82, 2.24) is 31.1 Å². The quantitative estimate of drug-likeness (QED) is 0.0174. The summed E-state index contributed by atoms with van der Waals surface area (Å²) in [5.74, 6) is -1.23. The number of aliphatic hydroxyl groups is 1. The minimum absolute atomic E-state index is 0.0507. The second-order valence-electron chi connectivity index (χ2n) is 38.2. The van der Waals surface area contributed by atoms with E-state index in [9.17, 15) is 24.3 Å². The van der Waals surface area contributed by atoms with E-state index in [-0.39, 0.29) is 72.0 Å². The van der Waals surface area contributed by atoms with Crippen molar-refractivity contribution in [3.8, 4) is 0 Å². The van der Waals surface area contributed by atoms with Crippen molar-refractivity contribution < 1.29 is 109 Å². The number of hydrogen-bond donors (Lipinski definition) is 6. The summed E-state index contributed by atoms with van der Waals surface area (Å²) in [6.45, 7) is 8.89. The fourth-order valence-corrected chi connectivity index (χ4v) is 28.9. The van der Waals surface area contributed by atoms with Gasteiger partial charge in [-0.05, 0) is 71.5 Å². The van der Waals surface area contributed by atoms with Crippen LogP contribution in [0.2, 0.25) is 10.1 Å². The molecule has 11 aromatic rings. The monoisotopic (exact) mass is 1950 g/mol. The van der Waals surface area contributed by atoms with Crippen LogP contribution in [-0.2, 0) is 104 Å². The van der Waals surface area contributed by atoms with Gasteiger partial charge in [0.15, 0.2) is 37.4 Å². The van der Waals surface area contributed by atoms with Gasteiger partial charge >= 0.3 is 36.6 Å². The number of benzene rings is 11. The zero-order valence-corrected chi connectivity index (χ0v) is 80.9. The second-order valence-corrected chi connectivity index (χ2v) is 46.5. The van der Waals surface area contributed by atoms with E-state index in [1.54, 1.807) is 36.4 Å². The topological polar surface area (TPSA) is 336 Å². The van der Waals surface area contributed by atoms with Gasteiger partial charge in [0.1, 0.15) is 81.8 Å². The Morgan fingerprint density at radius 2 is 0.787 bits per heavy atom. The number of nitrogens with zero attached hydrogens (tertiary/aromatic N) is 2. The van der Waals surface area contributed by atoms with E-state index in [1.165, 1.54) is 9.80 Å². The summed E-state index contributed by atoms with van der Waals surface area (Å²) in [7, 11) is -7.96. The van der Waals surface area contributed by atoms with Gasteiger partial charge in [0, 0.05) is 23.5 Å². The highest BCUT2D eigenvalue weighted by Crippen LogP contribution is 2.51. The molecule has 6 amide bonds. The third-order valence-electron chi connectivity index (χ3n) is 27.5. The van der Waals surface area contributed by atoms with Crippen molar-refractivity contribution in [2.45, 2.75) is 214 Å². The number of nitrogens with one attached hydrogen (secondary N) is 4.